The van der Waals surface area contributed by atoms with Gasteiger partial charge in [0.1, 0.15) is 10.6 Å². The molecule has 0 spiro atoms. The Morgan fingerprint density at radius 3 is 2.25 bits per heavy atom. The van der Waals surface area contributed by atoms with Crippen LogP contribution in [0.25, 0.3) is 0 Å². The van der Waals surface area contributed by atoms with Crippen LogP contribution in [0.2, 0.25) is 0 Å². The molecule has 0 bridgehead atoms. The van der Waals surface area contributed by atoms with Gasteiger partial charge < -0.3 is 4.74 Å². The molecule has 1 aliphatic rings. The molecule has 0 fully saturated rings. The number of primary sulfonamides is 1. The fourth-order valence-corrected chi connectivity index (χ4v) is 2.85. The third kappa shape index (κ3) is 2.05. The van der Waals surface area contributed by atoms with Crippen molar-refractivity contribution in [3.8, 4) is 5.75 Å². The molecule has 0 unspecified atom stereocenters. The first-order valence-corrected chi connectivity index (χ1v) is 6.79. The number of rotatable bonds is 2. The minimum atomic E-state index is -3.70. The van der Waals surface area contributed by atoms with Crippen LogP contribution >= 0.6 is 0 Å². The van der Waals surface area contributed by atoms with Crippen molar-refractivity contribution in [1.29, 1.82) is 0 Å². The second-order valence-electron chi connectivity index (χ2n) is 4.02. The van der Waals surface area contributed by atoms with Gasteiger partial charge in [0.05, 0.1) is 7.11 Å². The van der Waals surface area contributed by atoms with E-state index >= 15 is 0 Å². The van der Waals surface area contributed by atoms with Crippen molar-refractivity contribution in [1.82, 2.24) is 0 Å². The van der Waals surface area contributed by atoms with Crippen molar-refractivity contribution in [2.24, 2.45) is 5.14 Å². The standard InChI is InChI=1S/C11H15NO3S/c1-15-10-6-8-4-2-3-5-9(8)7-11(10)16(12,13)14/h6-7H,2-5H2,1H3,(H2,12,13,14). The van der Waals surface area contributed by atoms with E-state index in [1.54, 1.807) is 12.1 Å². The zero-order valence-electron chi connectivity index (χ0n) is 9.19. The SMILES string of the molecule is COc1cc2c(cc1S(N)(=O)=O)CCCC2. The number of methoxy groups -OCH3 is 1. The molecular weight excluding hydrogens is 226 g/mol. The monoisotopic (exact) mass is 241 g/mol. The average Bonchev–Trinajstić information content (AvgIpc) is 2.26. The van der Waals surface area contributed by atoms with Gasteiger partial charge in [0, 0.05) is 0 Å². The van der Waals surface area contributed by atoms with Gasteiger partial charge in [0.2, 0.25) is 10.0 Å². The Kier molecular flexibility index (Phi) is 2.90. The Morgan fingerprint density at radius 2 is 1.75 bits per heavy atom. The second-order valence-corrected chi connectivity index (χ2v) is 5.55. The predicted octanol–water partition coefficient (Wildman–Crippen LogP) is 1.22. The Bertz CT molecular complexity index is 508. The molecule has 0 saturated carbocycles. The Hall–Kier alpha value is -1.07. The van der Waals surface area contributed by atoms with Crippen LogP contribution in [-0.2, 0) is 22.9 Å². The second kappa shape index (κ2) is 4.07. The molecule has 16 heavy (non-hydrogen) atoms. The molecule has 0 atom stereocenters. The van der Waals surface area contributed by atoms with Crippen molar-refractivity contribution in [2.75, 3.05) is 7.11 Å². The van der Waals surface area contributed by atoms with E-state index in [2.05, 4.69) is 0 Å². The number of hydrogen-bond acceptors (Lipinski definition) is 3. The summed E-state index contributed by atoms with van der Waals surface area (Å²) in [6.45, 7) is 0. The van der Waals surface area contributed by atoms with Gasteiger partial charge >= 0.3 is 0 Å². The van der Waals surface area contributed by atoms with Crippen LogP contribution in [0.1, 0.15) is 24.0 Å². The van der Waals surface area contributed by atoms with E-state index in [0.29, 0.717) is 5.75 Å². The summed E-state index contributed by atoms with van der Waals surface area (Å²) in [5.74, 6) is 0.350. The van der Waals surface area contributed by atoms with Gasteiger partial charge in [-0.2, -0.15) is 0 Å². The molecule has 2 rings (SSSR count). The van der Waals surface area contributed by atoms with Gasteiger partial charge in [-0.25, -0.2) is 13.6 Å². The fraction of sp³-hybridized carbons (Fsp3) is 0.455. The summed E-state index contributed by atoms with van der Waals surface area (Å²) in [6, 6.07) is 3.46. The van der Waals surface area contributed by atoms with E-state index in [1.807, 2.05) is 0 Å². The van der Waals surface area contributed by atoms with Crippen molar-refractivity contribution in [3.63, 3.8) is 0 Å². The Balaban J connectivity index is 2.61. The third-order valence-corrected chi connectivity index (χ3v) is 3.87. The minimum Gasteiger partial charge on any atom is -0.495 e. The fourth-order valence-electron chi connectivity index (χ4n) is 2.12. The molecule has 5 heteroatoms. The summed E-state index contributed by atoms with van der Waals surface area (Å²) < 4.78 is 27.9. The molecular formula is C11H15NO3S. The highest BCUT2D eigenvalue weighted by Gasteiger charge is 2.19. The van der Waals surface area contributed by atoms with E-state index in [0.717, 1.165) is 31.2 Å². The van der Waals surface area contributed by atoms with Crippen LogP contribution in [0.4, 0.5) is 0 Å². The summed E-state index contributed by atoms with van der Waals surface area (Å²) in [4.78, 5) is 0.0932. The molecule has 1 aromatic rings. The van der Waals surface area contributed by atoms with Crippen molar-refractivity contribution in [3.05, 3.63) is 23.3 Å². The number of aryl methyl sites for hydroxylation is 2. The van der Waals surface area contributed by atoms with E-state index in [1.165, 1.54) is 12.7 Å². The van der Waals surface area contributed by atoms with Crippen molar-refractivity contribution < 1.29 is 13.2 Å². The first kappa shape index (κ1) is 11.4. The number of fused-ring (bicyclic) bond motifs is 1. The number of ether oxygens (including phenoxy) is 1. The van der Waals surface area contributed by atoms with Gasteiger partial charge in [-0.15, -0.1) is 0 Å². The molecule has 0 heterocycles. The van der Waals surface area contributed by atoms with Gasteiger partial charge in [-0.1, -0.05) is 0 Å². The number of benzene rings is 1. The van der Waals surface area contributed by atoms with Crippen LogP contribution in [0.3, 0.4) is 0 Å². The van der Waals surface area contributed by atoms with Crippen LogP contribution in [0.5, 0.6) is 5.75 Å². The van der Waals surface area contributed by atoms with Crippen LogP contribution < -0.4 is 9.88 Å². The zero-order valence-corrected chi connectivity index (χ0v) is 10.0. The molecule has 0 amide bonds. The molecule has 0 aliphatic heterocycles. The molecule has 1 aliphatic carbocycles. The lowest BCUT2D eigenvalue weighted by Gasteiger charge is -2.18. The lowest BCUT2D eigenvalue weighted by Crippen LogP contribution is -2.15. The Morgan fingerprint density at radius 1 is 1.19 bits per heavy atom. The maximum absolute atomic E-state index is 11.4. The number of sulfonamides is 1. The normalized spacial score (nSPS) is 15.6. The first-order chi connectivity index (χ1) is 7.52. The van der Waals surface area contributed by atoms with E-state index in [9.17, 15) is 8.42 Å². The van der Waals surface area contributed by atoms with Gasteiger partial charge in [0.15, 0.2) is 0 Å². The third-order valence-electron chi connectivity index (χ3n) is 2.93. The van der Waals surface area contributed by atoms with E-state index in [4.69, 9.17) is 9.88 Å². The van der Waals surface area contributed by atoms with Crippen LogP contribution in [0.15, 0.2) is 17.0 Å². The van der Waals surface area contributed by atoms with E-state index in [-0.39, 0.29) is 4.90 Å². The summed E-state index contributed by atoms with van der Waals surface area (Å²) in [6.07, 6.45) is 4.15. The summed E-state index contributed by atoms with van der Waals surface area (Å²) in [5.41, 5.74) is 2.26. The molecule has 88 valence electrons. The van der Waals surface area contributed by atoms with Gasteiger partial charge in [0.25, 0.3) is 0 Å². The highest BCUT2D eigenvalue weighted by molar-refractivity contribution is 7.89. The van der Waals surface area contributed by atoms with Crippen molar-refractivity contribution >= 4 is 10.0 Å². The molecule has 4 nitrogen and oxygen atoms in total. The predicted molar refractivity (Wildman–Crippen MR) is 61.0 cm³/mol. The highest BCUT2D eigenvalue weighted by atomic mass is 32.2. The largest absolute Gasteiger partial charge is 0.495 e. The Labute approximate surface area is 95.5 Å². The van der Waals surface area contributed by atoms with Crippen LogP contribution in [0, 0.1) is 0 Å². The molecule has 1 aromatic carbocycles. The maximum Gasteiger partial charge on any atom is 0.241 e. The van der Waals surface area contributed by atoms with Gasteiger partial charge in [-0.3, -0.25) is 0 Å². The topological polar surface area (TPSA) is 69.4 Å². The maximum atomic E-state index is 11.4. The zero-order chi connectivity index (χ0) is 11.8. The summed E-state index contributed by atoms with van der Waals surface area (Å²) in [7, 11) is -2.25. The minimum absolute atomic E-state index is 0.0932. The lowest BCUT2D eigenvalue weighted by atomic mass is 9.92. The smallest absolute Gasteiger partial charge is 0.241 e. The van der Waals surface area contributed by atoms with Gasteiger partial charge in [-0.05, 0) is 48.9 Å². The van der Waals surface area contributed by atoms with Crippen molar-refractivity contribution in [2.45, 2.75) is 30.6 Å². The summed E-state index contributed by atoms with van der Waals surface area (Å²) >= 11 is 0. The number of hydrogen-bond donors (Lipinski definition) is 1. The first-order valence-electron chi connectivity index (χ1n) is 5.25. The molecule has 0 aromatic heterocycles. The van der Waals surface area contributed by atoms with Crippen LogP contribution in [-0.4, -0.2) is 15.5 Å². The summed E-state index contributed by atoms with van der Waals surface area (Å²) in [5, 5.41) is 5.16. The molecule has 2 N–H and O–H groups in total. The highest BCUT2D eigenvalue weighted by Crippen LogP contribution is 2.31. The molecule has 0 radical (unpaired) electrons. The lowest BCUT2D eigenvalue weighted by molar-refractivity contribution is 0.401. The average molecular weight is 241 g/mol. The number of nitrogens with two attached hydrogens (primary N) is 1. The quantitative estimate of drug-likeness (QED) is 0.846. The molecule has 0 saturated heterocycles. The van der Waals surface area contributed by atoms with E-state index < -0.39 is 10.0 Å².